The molecule has 1 saturated heterocycles. The molecule has 1 atom stereocenters. The predicted molar refractivity (Wildman–Crippen MR) is 142 cm³/mol. The highest BCUT2D eigenvalue weighted by Gasteiger charge is 2.45. The number of fused-ring (bicyclic) bond motifs is 1. The lowest BCUT2D eigenvalue weighted by Gasteiger charge is -2.41. The van der Waals surface area contributed by atoms with Gasteiger partial charge in [0.15, 0.2) is 0 Å². The van der Waals surface area contributed by atoms with Gasteiger partial charge in [-0.25, -0.2) is 9.59 Å². The highest BCUT2D eigenvalue weighted by molar-refractivity contribution is 5.93. The molecule has 0 unspecified atom stereocenters. The van der Waals surface area contributed by atoms with Crippen LogP contribution in [-0.4, -0.2) is 52.7 Å². The van der Waals surface area contributed by atoms with E-state index in [1.807, 2.05) is 93.6 Å². The summed E-state index contributed by atoms with van der Waals surface area (Å²) in [6.07, 6.45) is 0.481. The maximum atomic E-state index is 14.0. The number of carbonyl (C=O) groups is 3. The number of nitrogens with one attached hydrogen (secondary N) is 1. The number of aliphatic carboxylic acids is 1. The predicted octanol–water partition coefficient (Wildman–Crippen LogP) is 4.92. The van der Waals surface area contributed by atoms with Gasteiger partial charge in [-0.2, -0.15) is 0 Å². The number of hydrogen-bond donors (Lipinski definition) is 2. The number of hydrogen-bond acceptors (Lipinski definition) is 4. The van der Waals surface area contributed by atoms with E-state index in [1.54, 1.807) is 4.90 Å². The van der Waals surface area contributed by atoms with Gasteiger partial charge in [0, 0.05) is 19.5 Å². The quantitative estimate of drug-likeness (QED) is 0.499. The molecule has 0 aromatic heterocycles. The van der Waals surface area contributed by atoms with Crippen molar-refractivity contribution in [2.24, 2.45) is 0 Å². The number of benzene rings is 3. The van der Waals surface area contributed by atoms with E-state index in [-0.39, 0.29) is 12.3 Å². The van der Waals surface area contributed by atoms with Crippen LogP contribution in [0.2, 0.25) is 0 Å². The molecule has 0 radical (unpaired) electrons. The summed E-state index contributed by atoms with van der Waals surface area (Å²) in [6.45, 7) is 6.11. The largest absolute Gasteiger partial charge is 0.480 e. The summed E-state index contributed by atoms with van der Waals surface area (Å²) in [6, 6.07) is 22.0. The van der Waals surface area contributed by atoms with Crippen LogP contribution in [0.4, 0.5) is 4.79 Å². The lowest BCUT2D eigenvalue weighted by atomic mass is 9.71. The van der Waals surface area contributed by atoms with Crippen molar-refractivity contribution in [3.8, 4) is 0 Å². The van der Waals surface area contributed by atoms with E-state index >= 15 is 0 Å². The molecular formula is C30H34N2O5. The Morgan fingerprint density at radius 1 is 0.946 bits per heavy atom. The SMILES string of the molecule is CC(C)(C)OC(=O)N1CCC(C(=O)N[C@@H](Cc2ccccc2)C(=O)O)(c2ccc3ccccc3c2)CC1. The second-order valence-electron chi connectivity index (χ2n) is 10.7. The minimum absolute atomic E-state index is 0.180. The van der Waals surface area contributed by atoms with Crippen molar-refractivity contribution in [2.75, 3.05) is 13.1 Å². The Labute approximate surface area is 217 Å². The molecule has 4 rings (SSSR count). The molecule has 0 bridgehead atoms. The first-order chi connectivity index (χ1) is 17.6. The summed E-state index contributed by atoms with van der Waals surface area (Å²) in [4.78, 5) is 40.4. The molecule has 0 aliphatic carbocycles. The fourth-order valence-corrected chi connectivity index (χ4v) is 4.88. The van der Waals surface area contributed by atoms with Crippen molar-refractivity contribution in [3.05, 3.63) is 83.9 Å². The van der Waals surface area contributed by atoms with E-state index in [0.29, 0.717) is 25.9 Å². The first-order valence-electron chi connectivity index (χ1n) is 12.6. The maximum absolute atomic E-state index is 14.0. The molecule has 0 saturated carbocycles. The standard InChI is InChI=1S/C30H34N2O5/c1-29(2,3)37-28(36)32-17-15-30(16-18-32,24-14-13-22-11-7-8-12-23(22)20-24)27(35)31-25(26(33)34)19-21-9-5-4-6-10-21/h4-14,20,25H,15-19H2,1-3H3,(H,31,35)(H,33,34)/t25-/m0/s1. The summed E-state index contributed by atoms with van der Waals surface area (Å²) >= 11 is 0. The Morgan fingerprint density at radius 3 is 2.19 bits per heavy atom. The van der Waals surface area contributed by atoms with Crippen molar-refractivity contribution >= 4 is 28.7 Å². The summed E-state index contributed by atoms with van der Waals surface area (Å²) in [5.41, 5.74) is 0.0477. The molecule has 7 heteroatoms. The Morgan fingerprint density at radius 2 is 1.57 bits per heavy atom. The molecule has 2 amide bonds. The molecule has 1 heterocycles. The Bertz CT molecular complexity index is 1270. The van der Waals surface area contributed by atoms with Crippen LogP contribution in [0.25, 0.3) is 10.8 Å². The highest BCUT2D eigenvalue weighted by Crippen LogP contribution is 2.38. The van der Waals surface area contributed by atoms with E-state index in [2.05, 4.69) is 5.32 Å². The summed E-state index contributed by atoms with van der Waals surface area (Å²) < 4.78 is 5.54. The highest BCUT2D eigenvalue weighted by atomic mass is 16.6. The second kappa shape index (κ2) is 10.6. The van der Waals surface area contributed by atoms with Gasteiger partial charge < -0.3 is 20.1 Å². The van der Waals surface area contributed by atoms with Crippen LogP contribution in [0.5, 0.6) is 0 Å². The van der Waals surface area contributed by atoms with Gasteiger partial charge in [0.05, 0.1) is 5.41 Å². The number of nitrogens with zero attached hydrogens (tertiary/aromatic N) is 1. The molecule has 1 fully saturated rings. The van der Waals surface area contributed by atoms with Crippen molar-refractivity contribution in [3.63, 3.8) is 0 Å². The Balaban J connectivity index is 1.63. The molecule has 3 aromatic rings. The third-order valence-electron chi connectivity index (χ3n) is 6.89. The van der Waals surface area contributed by atoms with Gasteiger partial charge in [-0.05, 0) is 55.5 Å². The smallest absolute Gasteiger partial charge is 0.410 e. The number of carbonyl (C=O) groups excluding carboxylic acids is 2. The third-order valence-corrected chi connectivity index (χ3v) is 6.89. The molecule has 37 heavy (non-hydrogen) atoms. The van der Waals surface area contributed by atoms with Gasteiger partial charge in [-0.1, -0.05) is 72.8 Å². The average Bonchev–Trinajstić information content (AvgIpc) is 2.87. The van der Waals surface area contributed by atoms with Gasteiger partial charge >= 0.3 is 12.1 Å². The van der Waals surface area contributed by atoms with Crippen LogP contribution in [0.3, 0.4) is 0 Å². The number of piperidine rings is 1. The van der Waals surface area contributed by atoms with Crippen LogP contribution < -0.4 is 5.32 Å². The fourth-order valence-electron chi connectivity index (χ4n) is 4.88. The van der Waals surface area contributed by atoms with Gasteiger partial charge in [-0.3, -0.25) is 4.79 Å². The van der Waals surface area contributed by atoms with Gasteiger partial charge in [-0.15, -0.1) is 0 Å². The normalized spacial score (nSPS) is 16.1. The zero-order valence-corrected chi connectivity index (χ0v) is 21.6. The Kier molecular flexibility index (Phi) is 7.52. The summed E-state index contributed by atoms with van der Waals surface area (Å²) in [7, 11) is 0. The number of ether oxygens (including phenoxy) is 1. The number of likely N-dealkylation sites (tertiary alicyclic amines) is 1. The lowest BCUT2D eigenvalue weighted by Crippen LogP contribution is -2.56. The molecule has 2 N–H and O–H groups in total. The zero-order chi connectivity index (χ0) is 26.6. The molecule has 0 spiro atoms. The minimum Gasteiger partial charge on any atom is -0.480 e. The Hall–Kier alpha value is -3.87. The first kappa shape index (κ1) is 26.2. The topological polar surface area (TPSA) is 95.9 Å². The van der Waals surface area contributed by atoms with Crippen LogP contribution in [0.1, 0.15) is 44.7 Å². The average molecular weight is 503 g/mol. The van der Waals surface area contributed by atoms with E-state index in [0.717, 1.165) is 21.9 Å². The maximum Gasteiger partial charge on any atom is 0.410 e. The number of carboxylic acid groups (broad SMARTS) is 1. The van der Waals surface area contributed by atoms with Crippen LogP contribution in [0.15, 0.2) is 72.8 Å². The number of rotatable bonds is 6. The van der Waals surface area contributed by atoms with Crippen molar-refractivity contribution in [1.82, 2.24) is 10.2 Å². The van der Waals surface area contributed by atoms with Gasteiger partial charge in [0.25, 0.3) is 0 Å². The molecule has 1 aliphatic rings. The zero-order valence-electron chi connectivity index (χ0n) is 21.6. The minimum atomic E-state index is -1.09. The van der Waals surface area contributed by atoms with Crippen LogP contribution in [0, 0.1) is 0 Å². The molecule has 7 nitrogen and oxygen atoms in total. The van der Waals surface area contributed by atoms with Crippen LogP contribution in [-0.2, 0) is 26.2 Å². The molecular weight excluding hydrogens is 468 g/mol. The van der Waals surface area contributed by atoms with Crippen molar-refractivity contribution in [2.45, 2.75) is 57.1 Å². The van der Waals surface area contributed by atoms with E-state index in [9.17, 15) is 19.5 Å². The second-order valence-corrected chi connectivity index (χ2v) is 10.7. The van der Waals surface area contributed by atoms with Gasteiger partial charge in [0.1, 0.15) is 11.6 Å². The van der Waals surface area contributed by atoms with E-state index in [4.69, 9.17) is 4.74 Å². The molecule has 1 aliphatic heterocycles. The lowest BCUT2D eigenvalue weighted by molar-refractivity contribution is -0.143. The summed E-state index contributed by atoms with van der Waals surface area (Å²) in [5, 5.41) is 14.8. The molecule has 3 aromatic carbocycles. The third kappa shape index (κ3) is 6.10. The number of amides is 2. The van der Waals surface area contributed by atoms with Crippen LogP contribution >= 0.6 is 0 Å². The number of carboxylic acids is 1. The monoisotopic (exact) mass is 502 g/mol. The van der Waals surface area contributed by atoms with E-state index < -0.39 is 29.1 Å². The first-order valence-corrected chi connectivity index (χ1v) is 12.6. The van der Waals surface area contributed by atoms with E-state index in [1.165, 1.54) is 0 Å². The van der Waals surface area contributed by atoms with Gasteiger partial charge in [0.2, 0.25) is 5.91 Å². The molecule has 194 valence electrons. The van der Waals surface area contributed by atoms with Crippen molar-refractivity contribution < 1.29 is 24.2 Å². The fraction of sp³-hybridized carbons (Fsp3) is 0.367. The van der Waals surface area contributed by atoms with Crippen molar-refractivity contribution in [1.29, 1.82) is 0 Å². The summed E-state index contributed by atoms with van der Waals surface area (Å²) in [5.74, 6) is -1.42.